The van der Waals surface area contributed by atoms with E-state index in [2.05, 4.69) is 5.10 Å². The molecule has 0 aliphatic rings. The van der Waals surface area contributed by atoms with E-state index in [0.717, 1.165) is 28.2 Å². The molecule has 0 atom stereocenters. The number of aryl methyl sites for hydroxylation is 2. The second-order valence-corrected chi connectivity index (χ2v) is 6.78. The van der Waals surface area contributed by atoms with Gasteiger partial charge in [0.2, 0.25) is 0 Å². The maximum absolute atomic E-state index is 12.2. The van der Waals surface area contributed by atoms with Crippen molar-refractivity contribution in [2.45, 2.75) is 13.5 Å². The highest BCUT2D eigenvalue weighted by Gasteiger charge is 2.07. The van der Waals surface area contributed by atoms with E-state index in [1.807, 2.05) is 43.3 Å². The number of aromatic nitrogens is 2. The minimum Gasteiger partial charge on any atom is -0.496 e. The van der Waals surface area contributed by atoms with Crippen LogP contribution >= 0.6 is 11.6 Å². The van der Waals surface area contributed by atoms with Gasteiger partial charge in [0.1, 0.15) is 18.1 Å². The van der Waals surface area contributed by atoms with E-state index in [9.17, 15) is 4.79 Å². The zero-order valence-corrected chi connectivity index (χ0v) is 16.7. The topological polar surface area (TPSA) is 53.3 Å². The Balaban J connectivity index is 1.74. The van der Waals surface area contributed by atoms with Crippen LogP contribution in [-0.2, 0) is 13.7 Å². The van der Waals surface area contributed by atoms with Gasteiger partial charge in [-0.05, 0) is 54.5 Å². The quantitative estimate of drug-likeness (QED) is 0.422. The molecular formula is C22H21ClN2O3. The molecule has 0 bridgehead atoms. The average molecular weight is 397 g/mol. The second kappa shape index (κ2) is 8.76. The normalized spacial score (nSPS) is 11.0. The fourth-order valence-electron chi connectivity index (χ4n) is 2.70. The fourth-order valence-corrected chi connectivity index (χ4v) is 2.82. The maximum atomic E-state index is 12.2. The predicted octanol–water partition coefficient (Wildman–Crippen LogP) is 4.87. The summed E-state index contributed by atoms with van der Waals surface area (Å²) in [6, 6.07) is 11.2. The van der Waals surface area contributed by atoms with Crippen molar-refractivity contribution in [2.75, 3.05) is 7.11 Å². The third kappa shape index (κ3) is 4.81. The number of carbonyl (C=O) groups is 1. The van der Waals surface area contributed by atoms with Crippen molar-refractivity contribution in [3.05, 3.63) is 82.1 Å². The SMILES string of the molecule is COc1ccc(/C=C/C(=O)c2cnn(C)c2)cc1COc1ccc(Cl)c(C)c1. The molecular weight excluding hydrogens is 376 g/mol. The van der Waals surface area contributed by atoms with E-state index >= 15 is 0 Å². The van der Waals surface area contributed by atoms with Crippen molar-refractivity contribution in [3.63, 3.8) is 0 Å². The highest BCUT2D eigenvalue weighted by molar-refractivity contribution is 6.31. The van der Waals surface area contributed by atoms with E-state index in [1.54, 1.807) is 37.3 Å². The van der Waals surface area contributed by atoms with E-state index < -0.39 is 0 Å². The van der Waals surface area contributed by atoms with E-state index in [-0.39, 0.29) is 5.78 Å². The Kier molecular flexibility index (Phi) is 6.16. The Labute approximate surface area is 169 Å². The van der Waals surface area contributed by atoms with E-state index in [1.165, 1.54) is 6.08 Å². The van der Waals surface area contributed by atoms with Crippen LogP contribution in [0.2, 0.25) is 5.02 Å². The molecule has 1 heterocycles. The molecule has 5 nitrogen and oxygen atoms in total. The third-order valence-electron chi connectivity index (χ3n) is 4.24. The first-order chi connectivity index (χ1) is 13.5. The number of rotatable bonds is 7. The van der Waals surface area contributed by atoms with Crippen LogP contribution in [0.4, 0.5) is 0 Å². The van der Waals surface area contributed by atoms with Crippen molar-refractivity contribution in [1.29, 1.82) is 0 Å². The van der Waals surface area contributed by atoms with Crippen LogP contribution in [0.3, 0.4) is 0 Å². The van der Waals surface area contributed by atoms with Crippen LogP contribution in [0.1, 0.15) is 27.0 Å². The summed E-state index contributed by atoms with van der Waals surface area (Å²) in [4.78, 5) is 12.2. The Morgan fingerprint density at radius 1 is 1.25 bits per heavy atom. The van der Waals surface area contributed by atoms with Gasteiger partial charge in [-0.15, -0.1) is 0 Å². The van der Waals surface area contributed by atoms with Gasteiger partial charge in [0, 0.05) is 23.8 Å². The first kappa shape index (κ1) is 19.7. The third-order valence-corrected chi connectivity index (χ3v) is 4.67. The number of ether oxygens (including phenoxy) is 2. The summed E-state index contributed by atoms with van der Waals surface area (Å²) < 4.78 is 12.9. The van der Waals surface area contributed by atoms with Crippen LogP contribution in [-0.4, -0.2) is 22.7 Å². The molecule has 0 saturated carbocycles. The van der Waals surface area contributed by atoms with Gasteiger partial charge in [0.15, 0.2) is 5.78 Å². The van der Waals surface area contributed by atoms with Crippen LogP contribution in [0.15, 0.2) is 54.9 Å². The van der Waals surface area contributed by atoms with Gasteiger partial charge in [-0.1, -0.05) is 23.7 Å². The number of hydrogen-bond acceptors (Lipinski definition) is 4. The number of methoxy groups -OCH3 is 1. The monoisotopic (exact) mass is 396 g/mol. The Hall–Kier alpha value is -3.05. The first-order valence-corrected chi connectivity index (χ1v) is 9.11. The number of carbonyl (C=O) groups excluding carboxylic acids is 1. The molecule has 0 saturated heterocycles. The summed E-state index contributed by atoms with van der Waals surface area (Å²) in [6.07, 6.45) is 6.54. The lowest BCUT2D eigenvalue weighted by Gasteiger charge is -2.12. The average Bonchev–Trinajstić information content (AvgIpc) is 3.13. The first-order valence-electron chi connectivity index (χ1n) is 8.73. The molecule has 0 spiro atoms. The number of halogens is 1. The molecule has 0 aliphatic carbocycles. The smallest absolute Gasteiger partial charge is 0.189 e. The molecule has 2 aromatic carbocycles. The highest BCUT2D eigenvalue weighted by atomic mass is 35.5. The molecule has 0 N–H and O–H groups in total. The lowest BCUT2D eigenvalue weighted by molar-refractivity contribution is 0.104. The van der Waals surface area contributed by atoms with Gasteiger partial charge < -0.3 is 9.47 Å². The minimum absolute atomic E-state index is 0.0987. The van der Waals surface area contributed by atoms with Crippen molar-refractivity contribution in [1.82, 2.24) is 9.78 Å². The number of hydrogen-bond donors (Lipinski definition) is 0. The Morgan fingerprint density at radius 3 is 2.75 bits per heavy atom. The zero-order chi connectivity index (χ0) is 20.1. The molecule has 0 amide bonds. The number of ketones is 1. The molecule has 3 rings (SSSR count). The molecule has 144 valence electrons. The Morgan fingerprint density at radius 2 is 2.07 bits per heavy atom. The molecule has 0 aliphatic heterocycles. The highest BCUT2D eigenvalue weighted by Crippen LogP contribution is 2.25. The molecule has 6 heteroatoms. The molecule has 0 fully saturated rings. The fraction of sp³-hybridized carbons (Fsp3) is 0.182. The second-order valence-electron chi connectivity index (χ2n) is 6.37. The minimum atomic E-state index is -0.0987. The van der Waals surface area contributed by atoms with Crippen molar-refractivity contribution < 1.29 is 14.3 Å². The molecule has 0 unspecified atom stereocenters. The zero-order valence-electron chi connectivity index (χ0n) is 16.0. The van der Waals surface area contributed by atoms with Crippen molar-refractivity contribution in [2.24, 2.45) is 7.05 Å². The summed E-state index contributed by atoms with van der Waals surface area (Å²) >= 11 is 6.06. The van der Waals surface area contributed by atoms with Gasteiger partial charge in [0.05, 0.1) is 18.9 Å². The van der Waals surface area contributed by atoms with Gasteiger partial charge in [-0.2, -0.15) is 5.10 Å². The number of nitrogens with zero attached hydrogens (tertiary/aromatic N) is 2. The van der Waals surface area contributed by atoms with Crippen LogP contribution in [0.25, 0.3) is 6.08 Å². The molecule has 3 aromatic rings. The van der Waals surface area contributed by atoms with Crippen LogP contribution in [0, 0.1) is 6.92 Å². The molecule has 0 radical (unpaired) electrons. The summed E-state index contributed by atoms with van der Waals surface area (Å²) in [7, 11) is 3.39. The molecule has 1 aromatic heterocycles. The predicted molar refractivity (Wildman–Crippen MR) is 110 cm³/mol. The van der Waals surface area contributed by atoms with Crippen molar-refractivity contribution >= 4 is 23.5 Å². The lowest BCUT2D eigenvalue weighted by atomic mass is 10.1. The van der Waals surface area contributed by atoms with Gasteiger partial charge in [-0.25, -0.2) is 0 Å². The van der Waals surface area contributed by atoms with Crippen LogP contribution in [0.5, 0.6) is 11.5 Å². The summed E-state index contributed by atoms with van der Waals surface area (Å²) in [5, 5.41) is 4.72. The van der Waals surface area contributed by atoms with Gasteiger partial charge in [0.25, 0.3) is 0 Å². The Bertz CT molecular complexity index is 1020. The number of allylic oxidation sites excluding steroid dienone is 1. The standard InChI is InChI=1S/C22H21ClN2O3/c1-15-10-19(6-7-20(15)23)28-14-17-11-16(5-9-22(17)27-3)4-8-21(26)18-12-24-25(2)13-18/h4-13H,14H2,1-3H3/b8-4+. The van der Waals surface area contributed by atoms with Crippen LogP contribution < -0.4 is 9.47 Å². The van der Waals surface area contributed by atoms with Gasteiger partial charge in [-0.3, -0.25) is 9.48 Å². The number of benzene rings is 2. The van der Waals surface area contributed by atoms with Gasteiger partial charge >= 0.3 is 0 Å². The van der Waals surface area contributed by atoms with E-state index in [4.69, 9.17) is 21.1 Å². The van der Waals surface area contributed by atoms with Crippen molar-refractivity contribution in [3.8, 4) is 11.5 Å². The largest absolute Gasteiger partial charge is 0.496 e. The lowest BCUT2D eigenvalue weighted by Crippen LogP contribution is -2.00. The van der Waals surface area contributed by atoms with E-state index in [0.29, 0.717) is 17.2 Å². The summed E-state index contributed by atoms with van der Waals surface area (Å²) in [5.74, 6) is 1.36. The molecule has 28 heavy (non-hydrogen) atoms. The summed E-state index contributed by atoms with van der Waals surface area (Å²) in [6.45, 7) is 2.27. The summed E-state index contributed by atoms with van der Waals surface area (Å²) in [5.41, 5.74) is 3.26. The maximum Gasteiger partial charge on any atom is 0.189 e.